The minimum Gasteiger partial charge on any atom is -0.370 e. The number of anilines is 1. The summed E-state index contributed by atoms with van der Waals surface area (Å²) >= 11 is 0. The second-order valence-corrected chi connectivity index (χ2v) is 2.54. The Bertz CT molecular complexity index is 284. The van der Waals surface area contributed by atoms with Crippen molar-refractivity contribution in [1.29, 1.82) is 0 Å². The van der Waals surface area contributed by atoms with E-state index < -0.39 is 0 Å². The molecule has 3 nitrogen and oxygen atoms in total. The normalized spacial score (nSPS) is 9.50. The molecule has 0 aliphatic rings. The monoisotopic (exact) mass is 164 g/mol. The van der Waals surface area contributed by atoms with Crippen LogP contribution in [0.1, 0.15) is 23.0 Å². The van der Waals surface area contributed by atoms with E-state index in [4.69, 9.17) is 0 Å². The molecule has 0 saturated heterocycles. The number of aldehydes is 1. The lowest BCUT2D eigenvalue weighted by molar-refractivity contribution is 0.112. The molecule has 3 heteroatoms. The third-order valence-electron chi connectivity index (χ3n) is 1.54. The number of hydrogen-bond donors (Lipinski definition) is 1. The highest BCUT2D eigenvalue weighted by molar-refractivity contribution is 5.82. The van der Waals surface area contributed by atoms with Crippen LogP contribution in [0.2, 0.25) is 0 Å². The van der Waals surface area contributed by atoms with Crippen molar-refractivity contribution in [3.8, 4) is 0 Å². The van der Waals surface area contributed by atoms with E-state index in [1.54, 1.807) is 6.07 Å². The Morgan fingerprint density at radius 2 is 2.33 bits per heavy atom. The Balaban J connectivity index is 3.03. The van der Waals surface area contributed by atoms with Crippen LogP contribution in [-0.4, -0.2) is 17.8 Å². The third-order valence-corrected chi connectivity index (χ3v) is 1.54. The standard InChI is InChI=1S/C9H12N2O/c1-3-10-9-8(6-12)5-4-7(2)11-9/h4-6H,3H2,1-2H3,(H,10,11). The zero-order valence-electron chi connectivity index (χ0n) is 7.29. The van der Waals surface area contributed by atoms with E-state index in [1.165, 1.54) is 0 Å². The maximum atomic E-state index is 10.5. The number of nitrogens with zero attached hydrogens (tertiary/aromatic N) is 1. The maximum Gasteiger partial charge on any atom is 0.153 e. The van der Waals surface area contributed by atoms with Crippen LogP contribution in [0, 0.1) is 6.92 Å². The van der Waals surface area contributed by atoms with Crippen LogP contribution in [0.3, 0.4) is 0 Å². The van der Waals surface area contributed by atoms with E-state index in [1.807, 2.05) is 19.9 Å². The average Bonchev–Trinajstić information content (AvgIpc) is 2.05. The molecule has 0 spiro atoms. The summed E-state index contributed by atoms with van der Waals surface area (Å²) in [4.78, 5) is 14.7. The SMILES string of the molecule is CCNc1nc(C)ccc1C=O. The van der Waals surface area contributed by atoms with Crippen molar-refractivity contribution in [2.75, 3.05) is 11.9 Å². The van der Waals surface area contributed by atoms with Crippen LogP contribution < -0.4 is 5.32 Å². The topological polar surface area (TPSA) is 42.0 Å². The molecule has 0 aromatic carbocycles. The van der Waals surface area contributed by atoms with E-state index >= 15 is 0 Å². The summed E-state index contributed by atoms with van der Waals surface area (Å²) in [6, 6.07) is 3.60. The summed E-state index contributed by atoms with van der Waals surface area (Å²) in [5.74, 6) is 0.674. The van der Waals surface area contributed by atoms with E-state index in [0.717, 1.165) is 18.5 Å². The van der Waals surface area contributed by atoms with Gasteiger partial charge >= 0.3 is 0 Å². The predicted octanol–water partition coefficient (Wildman–Crippen LogP) is 1.63. The molecule has 0 unspecified atom stereocenters. The summed E-state index contributed by atoms with van der Waals surface area (Å²) in [6.07, 6.45) is 0.810. The number of rotatable bonds is 3. The van der Waals surface area contributed by atoms with Gasteiger partial charge in [-0.05, 0) is 26.0 Å². The average molecular weight is 164 g/mol. The first-order valence-corrected chi connectivity index (χ1v) is 3.94. The molecule has 1 heterocycles. The van der Waals surface area contributed by atoms with Gasteiger partial charge in [-0.2, -0.15) is 0 Å². The fraction of sp³-hybridized carbons (Fsp3) is 0.333. The first kappa shape index (κ1) is 8.71. The molecule has 0 saturated carbocycles. The summed E-state index contributed by atoms with van der Waals surface area (Å²) in [5, 5.41) is 3.03. The van der Waals surface area contributed by atoms with E-state index in [0.29, 0.717) is 11.4 Å². The van der Waals surface area contributed by atoms with Crippen molar-refractivity contribution in [3.05, 3.63) is 23.4 Å². The van der Waals surface area contributed by atoms with Gasteiger partial charge in [0, 0.05) is 12.2 Å². The minimum absolute atomic E-state index is 0.613. The second kappa shape index (κ2) is 3.85. The van der Waals surface area contributed by atoms with Crippen molar-refractivity contribution >= 4 is 12.1 Å². The number of carbonyl (C=O) groups is 1. The summed E-state index contributed by atoms with van der Waals surface area (Å²) in [5.41, 5.74) is 1.53. The zero-order chi connectivity index (χ0) is 8.97. The van der Waals surface area contributed by atoms with Gasteiger partial charge in [0.2, 0.25) is 0 Å². The molecule has 1 aromatic heterocycles. The Morgan fingerprint density at radius 3 is 2.92 bits per heavy atom. The highest BCUT2D eigenvalue weighted by Crippen LogP contribution is 2.10. The van der Waals surface area contributed by atoms with Gasteiger partial charge in [-0.1, -0.05) is 0 Å². The van der Waals surface area contributed by atoms with Crippen LogP contribution >= 0.6 is 0 Å². The zero-order valence-corrected chi connectivity index (χ0v) is 7.29. The summed E-state index contributed by atoms with van der Waals surface area (Å²) < 4.78 is 0. The van der Waals surface area contributed by atoms with Gasteiger partial charge in [0.1, 0.15) is 5.82 Å². The molecule has 1 N–H and O–H groups in total. The van der Waals surface area contributed by atoms with Crippen LogP contribution in [0.25, 0.3) is 0 Å². The second-order valence-electron chi connectivity index (χ2n) is 2.54. The molecule has 0 fully saturated rings. The summed E-state index contributed by atoms with van der Waals surface area (Å²) in [7, 11) is 0. The number of hydrogen-bond acceptors (Lipinski definition) is 3. The third kappa shape index (κ3) is 1.81. The number of nitrogens with one attached hydrogen (secondary N) is 1. The molecular formula is C9H12N2O. The molecule has 0 aliphatic heterocycles. The van der Waals surface area contributed by atoms with Crippen molar-refractivity contribution in [1.82, 2.24) is 4.98 Å². The number of carbonyl (C=O) groups excluding carboxylic acids is 1. The first-order valence-electron chi connectivity index (χ1n) is 3.94. The molecular weight excluding hydrogens is 152 g/mol. The molecule has 0 radical (unpaired) electrons. The lowest BCUT2D eigenvalue weighted by atomic mass is 10.2. The van der Waals surface area contributed by atoms with E-state index in [2.05, 4.69) is 10.3 Å². The van der Waals surface area contributed by atoms with E-state index in [9.17, 15) is 4.79 Å². The molecule has 64 valence electrons. The van der Waals surface area contributed by atoms with E-state index in [-0.39, 0.29) is 0 Å². The molecule has 0 aliphatic carbocycles. The predicted molar refractivity (Wildman–Crippen MR) is 48.5 cm³/mol. The lowest BCUT2D eigenvalue weighted by Gasteiger charge is -2.05. The van der Waals surface area contributed by atoms with Crippen LogP contribution in [-0.2, 0) is 0 Å². The maximum absolute atomic E-state index is 10.5. The van der Waals surface area contributed by atoms with Gasteiger partial charge in [-0.25, -0.2) is 4.98 Å². The Morgan fingerprint density at radius 1 is 1.58 bits per heavy atom. The number of aromatic nitrogens is 1. The molecule has 0 amide bonds. The largest absolute Gasteiger partial charge is 0.370 e. The molecule has 1 rings (SSSR count). The quantitative estimate of drug-likeness (QED) is 0.690. The lowest BCUT2D eigenvalue weighted by Crippen LogP contribution is -2.03. The Kier molecular flexibility index (Phi) is 2.80. The van der Waals surface area contributed by atoms with Crippen molar-refractivity contribution in [2.24, 2.45) is 0 Å². The van der Waals surface area contributed by atoms with Gasteiger partial charge in [0.05, 0.1) is 5.56 Å². The Hall–Kier alpha value is -1.38. The van der Waals surface area contributed by atoms with Crippen LogP contribution in [0.4, 0.5) is 5.82 Å². The molecule has 0 atom stereocenters. The van der Waals surface area contributed by atoms with Crippen LogP contribution in [0.5, 0.6) is 0 Å². The van der Waals surface area contributed by atoms with Crippen molar-refractivity contribution in [3.63, 3.8) is 0 Å². The number of aryl methyl sites for hydroxylation is 1. The highest BCUT2D eigenvalue weighted by atomic mass is 16.1. The molecule has 1 aromatic rings. The molecule has 0 bridgehead atoms. The summed E-state index contributed by atoms with van der Waals surface area (Å²) in [6.45, 7) is 4.64. The van der Waals surface area contributed by atoms with Gasteiger partial charge in [0.15, 0.2) is 6.29 Å². The first-order chi connectivity index (χ1) is 5.77. The highest BCUT2D eigenvalue weighted by Gasteiger charge is 2.00. The van der Waals surface area contributed by atoms with Gasteiger partial charge < -0.3 is 5.32 Å². The van der Waals surface area contributed by atoms with Crippen LogP contribution in [0.15, 0.2) is 12.1 Å². The van der Waals surface area contributed by atoms with Crippen molar-refractivity contribution < 1.29 is 4.79 Å². The van der Waals surface area contributed by atoms with Crippen molar-refractivity contribution in [2.45, 2.75) is 13.8 Å². The fourth-order valence-corrected chi connectivity index (χ4v) is 0.972. The minimum atomic E-state index is 0.613. The fourth-order valence-electron chi connectivity index (χ4n) is 0.972. The number of pyridine rings is 1. The van der Waals surface area contributed by atoms with Gasteiger partial charge in [-0.15, -0.1) is 0 Å². The molecule has 12 heavy (non-hydrogen) atoms. The van der Waals surface area contributed by atoms with Gasteiger partial charge in [-0.3, -0.25) is 4.79 Å². The smallest absolute Gasteiger partial charge is 0.153 e. The Labute approximate surface area is 71.8 Å². The van der Waals surface area contributed by atoms with Gasteiger partial charge in [0.25, 0.3) is 0 Å².